The number of rotatable bonds is 1. The minimum absolute atomic E-state index is 0.995. The summed E-state index contributed by atoms with van der Waals surface area (Å²) in [5.41, 5.74) is 2.19. The summed E-state index contributed by atoms with van der Waals surface area (Å²) in [6.07, 6.45) is 0. The van der Waals surface area contributed by atoms with Crippen LogP contribution in [0, 0.1) is 0 Å². The van der Waals surface area contributed by atoms with Gasteiger partial charge in [-0.15, -0.1) is 12.6 Å². The van der Waals surface area contributed by atoms with Gasteiger partial charge in [0, 0.05) is 4.90 Å². The van der Waals surface area contributed by atoms with Gasteiger partial charge >= 0.3 is 0 Å². The fourth-order valence-corrected chi connectivity index (χ4v) is 1.19. The lowest BCUT2D eigenvalue weighted by Crippen LogP contribution is -1.78. The number of hydrogen-bond donors (Lipinski definition) is 1. The third-order valence-electron chi connectivity index (χ3n) is 1.36. The predicted molar refractivity (Wildman–Crippen MR) is 59.8 cm³/mol. The standard InChI is InChI=1S/C9H10S.C2H6/c1-7(2)8-5-3-4-6-9(8)10;1-2/h3-6,10H,1H2,2H3;1-2H3. The Balaban J connectivity index is 0.000000561. The SMILES string of the molecule is C=C(C)c1ccccc1S.CC. The van der Waals surface area contributed by atoms with Crippen molar-refractivity contribution in [2.75, 3.05) is 0 Å². The van der Waals surface area contributed by atoms with Gasteiger partial charge in [-0.05, 0) is 24.1 Å². The fourth-order valence-electron chi connectivity index (χ4n) is 0.835. The minimum Gasteiger partial charge on any atom is -0.143 e. The molecule has 1 aromatic rings. The van der Waals surface area contributed by atoms with Gasteiger partial charge in [0.2, 0.25) is 0 Å². The monoisotopic (exact) mass is 180 g/mol. The Morgan fingerprint density at radius 2 is 1.75 bits per heavy atom. The average molecular weight is 180 g/mol. The summed E-state index contributed by atoms with van der Waals surface area (Å²) >= 11 is 4.28. The molecule has 0 saturated carbocycles. The predicted octanol–water partition coefficient (Wildman–Crippen LogP) is 4.03. The summed E-state index contributed by atoms with van der Waals surface area (Å²) in [7, 11) is 0. The highest BCUT2D eigenvalue weighted by molar-refractivity contribution is 7.80. The summed E-state index contributed by atoms with van der Waals surface area (Å²) < 4.78 is 0. The van der Waals surface area contributed by atoms with Crippen LogP contribution in [0.2, 0.25) is 0 Å². The molecule has 1 rings (SSSR count). The summed E-state index contributed by atoms with van der Waals surface area (Å²) in [5.74, 6) is 0. The Morgan fingerprint density at radius 1 is 1.25 bits per heavy atom. The largest absolute Gasteiger partial charge is 0.143 e. The smallest absolute Gasteiger partial charge is 0.0115 e. The molecule has 12 heavy (non-hydrogen) atoms. The molecule has 0 N–H and O–H groups in total. The second-order valence-electron chi connectivity index (χ2n) is 2.30. The maximum atomic E-state index is 4.28. The van der Waals surface area contributed by atoms with Crippen molar-refractivity contribution in [3.63, 3.8) is 0 Å². The van der Waals surface area contributed by atoms with Crippen molar-refractivity contribution >= 4 is 18.2 Å². The summed E-state index contributed by atoms with van der Waals surface area (Å²) in [5, 5.41) is 0. The van der Waals surface area contributed by atoms with Crippen LogP contribution in [0.25, 0.3) is 5.57 Å². The Bertz CT molecular complexity index is 251. The summed E-state index contributed by atoms with van der Waals surface area (Å²) in [4.78, 5) is 0.995. The number of hydrogen-bond acceptors (Lipinski definition) is 1. The van der Waals surface area contributed by atoms with E-state index >= 15 is 0 Å². The average Bonchev–Trinajstić information content (AvgIpc) is 2.08. The van der Waals surface area contributed by atoms with Crippen LogP contribution in [0.4, 0.5) is 0 Å². The zero-order chi connectivity index (χ0) is 9.56. The van der Waals surface area contributed by atoms with E-state index in [-0.39, 0.29) is 0 Å². The highest BCUT2D eigenvalue weighted by Crippen LogP contribution is 2.19. The van der Waals surface area contributed by atoms with Crippen LogP contribution in [0.3, 0.4) is 0 Å². The third kappa shape index (κ3) is 3.14. The molecule has 0 heterocycles. The van der Waals surface area contributed by atoms with Gasteiger partial charge in [-0.3, -0.25) is 0 Å². The lowest BCUT2D eigenvalue weighted by molar-refractivity contribution is 1.40. The zero-order valence-corrected chi connectivity index (χ0v) is 8.86. The first-order valence-electron chi connectivity index (χ1n) is 4.15. The molecule has 0 atom stereocenters. The van der Waals surface area contributed by atoms with Gasteiger partial charge in [-0.2, -0.15) is 0 Å². The van der Waals surface area contributed by atoms with E-state index in [1.807, 2.05) is 45.0 Å². The molecule has 0 saturated heterocycles. The van der Waals surface area contributed by atoms with Crippen molar-refractivity contribution in [1.29, 1.82) is 0 Å². The topological polar surface area (TPSA) is 0 Å². The second-order valence-corrected chi connectivity index (χ2v) is 2.78. The van der Waals surface area contributed by atoms with E-state index < -0.39 is 0 Å². The maximum Gasteiger partial charge on any atom is 0.0115 e. The normalized spacial score (nSPS) is 8.33. The summed E-state index contributed by atoms with van der Waals surface area (Å²) in [6, 6.07) is 7.94. The lowest BCUT2D eigenvalue weighted by atomic mass is 10.1. The molecular formula is C11H16S. The minimum atomic E-state index is 0.995. The summed E-state index contributed by atoms with van der Waals surface area (Å²) in [6.45, 7) is 9.82. The molecule has 66 valence electrons. The van der Waals surface area contributed by atoms with Crippen molar-refractivity contribution in [3.8, 4) is 0 Å². The zero-order valence-electron chi connectivity index (χ0n) is 7.96. The molecule has 0 aliphatic carbocycles. The van der Waals surface area contributed by atoms with Gasteiger partial charge < -0.3 is 0 Å². The van der Waals surface area contributed by atoms with Crippen molar-refractivity contribution in [3.05, 3.63) is 36.4 Å². The number of thiol groups is 1. The van der Waals surface area contributed by atoms with Crippen molar-refractivity contribution in [2.24, 2.45) is 0 Å². The molecule has 0 unspecified atom stereocenters. The first-order chi connectivity index (χ1) is 5.72. The van der Waals surface area contributed by atoms with Crippen LogP contribution in [-0.2, 0) is 0 Å². The molecule has 0 fully saturated rings. The van der Waals surface area contributed by atoms with E-state index in [0.29, 0.717) is 0 Å². The van der Waals surface area contributed by atoms with Crippen LogP contribution in [0.1, 0.15) is 26.3 Å². The molecule has 0 radical (unpaired) electrons. The van der Waals surface area contributed by atoms with Crippen molar-refractivity contribution in [1.82, 2.24) is 0 Å². The van der Waals surface area contributed by atoms with Gasteiger partial charge in [0.05, 0.1) is 0 Å². The molecule has 1 heteroatoms. The Labute approximate surface area is 80.7 Å². The fraction of sp³-hybridized carbons (Fsp3) is 0.273. The van der Waals surface area contributed by atoms with Gasteiger partial charge in [-0.25, -0.2) is 0 Å². The van der Waals surface area contributed by atoms with Gasteiger partial charge in [0.1, 0.15) is 0 Å². The first-order valence-corrected chi connectivity index (χ1v) is 4.60. The van der Waals surface area contributed by atoms with Crippen LogP contribution in [0.5, 0.6) is 0 Å². The molecular weight excluding hydrogens is 164 g/mol. The van der Waals surface area contributed by atoms with Gasteiger partial charge in [0.15, 0.2) is 0 Å². The molecule has 0 aliphatic rings. The van der Waals surface area contributed by atoms with Crippen molar-refractivity contribution in [2.45, 2.75) is 25.7 Å². The highest BCUT2D eigenvalue weighted by atomic mass is 32.1. The van der Waals surface area contributed by atoms with Crippen LogP contribution < -0.4 is 0 Å². The third-order valence-corrected chi connectivity index (χ3v) is 1.75. The van der Waals surface area contributed by atoms with E-state index in [1.165, 1.54) is 0 Å². The molecule has 0 nitrogen and oxygen atoms in total. The number of allylic oxidation sites excluding steroid dienone is 1. The maximum absolute atomic E-state index is 4.28. The Hall–Kier alpha value is -0.690. The molecule has 0 aromatic heterocycles. The van der Waals surface area contributed by atoms with Crippen molar-refractivity contribution < 1.29 is 0 Å². The first kappa shape index (κ1) is 11.3. The van der Waals surface area contributed by atoms with E-state index in [1.54, 1.807) is 0 Å². The lowest BCUT2D eigenvalue weighted by Gasteiger charge is -2.01. The molecule has 0 spiro atoms. The van der Waals surface area contributed by atoms with E-state index in [2.05, 4.69) is 19.2 Å². The molecule has 0 aliphatic heterocycles. The molecule has 1 aromatic carbocycles. The Kier molecular flexibility index (Phi) is 5.56. The van der Waals surface area contributed by atoms with Crippen LogP contribution >= 0.6 is 12.6 Å². The highest BCUT2D eigenvalue weighted by Gasteiger charge is 1.95. The Morgan fingerprint density at radius 3 is 2.08 bits per heavy atom. The molecule has 0 bridgehead atoms. The van der Waals surface area contributed by atoms with Crippen LogP contribution in [-0.4, -0.2) is 0 Å². The quantitative estimate of drug-likeness (QED) is 0.620. The van der Waals surface area contributed by atoms with Crippen LogP contribution in [0.15, 0.2) is 35.7 Å². The molecule has 0 amide bonds. The number of benzene rings is 1. The van der Waals surface area contributed by atoms with E-state index in [9.17, 15) is 0 Å². The van der Waals surface area contributed by atoms with Gasteiger partial charge in [0.25, 0.3) is 0 Å². The second kappa shape index (κ2) is 5.90. The van der Waals surface area contributed by atoms with Gasteiger partial charge in [-0.1, -0.05) is 38.6 Å². The van der Waals surface area contributed by atoms with E-state index in [4.69, 9.17) is 0 Å². The van der Waals surface area contributed by atoms with E-state index in [0.717, 1.165) is 16.0 Å².